The van der Waals surface area contributed by atoms with Crippen LogP contribution in [0.3, 0.4) is 0 Å². The van der Waals surface area contributed by atoms with Gasteiger partial charge in [0.25, 0.3) is 0 Å². The minimum absolute atomic E-state index is 0.0518. The largest absolute Gasteiger partial charge is 0.354 e. The van der Waals surface area contributed by atoms with Crippen LogP contribution in [0.1, 0.15) is 32.9 Å². The lowest BCUT2D eigenvalue weighted by molar-refractivity contribution is 0.567. The summed E-state index contributed by atoms with van der Waals surface area (Å²) in [6.07, 6.45) is 8.42. The minimum Gasteiger partial charge on any atom is -0.354 e. The maximum Gasteiger partial charge on any atom is 0.222 e. The highest BCUT2D eigenvalue weighted by Gasteiger charge is 2.15. The monoisotopic (exact) mass is 259 g/mol. The van der Waals surface area contributed by atoms with Gasteiger partial charge in [0.2, 0.25) is 5.95 Å². The molecule has 5 heteroatoms. The van der Waals surface area contributed by atoms with Gasteiger partial charge in [0.15, 0.2) is 0 Å². The molecule has 2 aromatic rings. The number of nitrogens with zero attached hydrogens (tertiary/aromatic N) is 4. The predicted octanol–water partition coefficient (Wildman–Crippen LogP) is 2.47. The van der Waals surface area contributed by atoms with Gasteiger partial charge < -0.3 is 9.88 Å². The van der Waals surface area contributed by atoms with Crippen LogP contribution in [-0.2, 0) is 12.0 Å². The number of anilines is 1. The van der Waals surface area contributed by atoms with Gasteiger partial charge in [-0.2, -0.15) is 0 Å². The topological polar surface area (TPSA) is 55.6 Å². The molecular formula is C14H21N5. The fraction of sp³-hybridized carbons (Fsp3) is 0.500. The highest BCUT2D eigenvalue weighted by atomic mass is 15.1. The van der Waals surface area contributed by atoms with Crippen LogP contribution in [0, 0.1) is 0 Å². The van der Waals surface area contributed by atoms with Gasteiger partial charge in [-0.25, -0.2) is 15.0 Å². The molecule has 0 saturated carbocycles. The summed E-state index contributed by atoms with van der Waals surface area (Å²) in [6, 6.07) is 1.97. The molecule has 2 aromatic heterocycles. The Bertz CT molecular complexity index is 499. The molecule has 0 bridgehead atoms. The SMILES string of the molecule is CC(C)(C)c1ccnc(NCCCn2ccnc2)n1. The molecule has 0 amide bonds. The normalized spacial score (nSPS) is 11.5. The van der Waals surface area contributed by atoms with Crippen LogP contribution in [-0.4, -0.2) is 26.1 Å². The van der Waals surface area contributed by atoms with Gasteiger partial charge in [0, 0.05) is 37.1 Å². The van der Waals surface area contributed by atoms with E-state index >= 15 is 0 Å². The predicted molar refractivity (Wildman–Crippen MR) is 76.1 cm³/mol. The summed E-state index contributed by atoms with van der Waals surface area (Å²) in [5, 5.41) is 3.26. The van der Waals surface area contributed by atoms with Crippen LogP contribution in [0.4, 0.5) is 5.95 Å². The van der Waals surface area contributed by atoms with Crippen molar-refractivity contribution >= 4 is 5.95 Å². The number of imidazole rings is 1. The van der Waals surface area contributed by atoms with Crippen molar-refractivity contribution in [2.24, 2.45) is 0 Å². The third-order valence-electron chi connectivity index (χ3n) is 2.86. The zero-order chi connectivity index (χ0) is 13.7. The van der Waals surface area contributed by atoms with E-state index in [-0.39, 0.29) is 5.41 Å². The molecule has 2 heterocycles. The van der Waals surface area contributed by atoms with Gasteiger partial charge in [-0.15, -0.1) is 0 Å². The summed E-state index contributed by atoms with van der Waals surface area (Å²) in [7, 11) is 0. The van der Waals surface area contributed by atoms with Crippen molar-refractivity contribution in [1.82, 2.24) is 19.5 Å². The van der Waals surface area contributed by atoms with E-state index < -0.39 is 0 Å². The Kier molecular flexibility index (Phi) is 4.14. The first-order chi connectivity index (χ1) is 9.05. The van der Waals surface area contributed by atoms with E-state index in [0.29, 0.717) is 5.95 Å². The first kappa shape index (κ1) is 13.5. The quantitative estimate of drug-likeness (QED) is 0.838. The summed E-state index contributed by atoms with van der Waals surface area (Å²) >= 11 is 0. The van der Waals surface area contributed by atoms with Crippen molar-refractivity contribution < 1.29 is 0 Å². The molecule has 0 fully saturated rings. The maximum absolute atomic E-state index is 4.54. The Morgan fingerprint density at radius 2 is 2.11 bits per heavy atom. The summed E-state index contributed by atoms with van der Waals surface area (Å²) in [6.45, 7) is 8.26. The molecule has 0 aliphatic heterocycles. The van der Waals surface area contributed by atoms with E-state index in [1.54, 1.807) is 6.20 Å². The molecule has 0 spiro atoms. The molecule has 0 unspecified atom stereocenters. The standard InChI is InChI=1S/C14H21N5/c1-14(2,3)12-5-7-17-13(18-12)16-6-4-9-19-10-8-15-11-19/h5,7-8,10-11H,4,6,9H2,1-3H3,(H,16,17,18). The fourth-order valence-corrected chi connectivity index (χ4v) is 1.74. The molecule has 5 nitrogen and oxygen atoms in total. The maximum atomic E-state index is 4.54. The summed E-state index contributed by atoms with van der Waals surface area (Å²) in [5.41, 5.74) is 1.11. The van der Waals surface area contributed by atoms with E-state index in [2.05, 4.69) is 45.6 Å². The van der Waals surface area contributed by atoms with Crippen LogP contribution < -0.4 is 5.32 Å². The van der Waals surface area contributed by atoms with Gasteiger partial charge >= 0.3 is 0 Å². The van der Waals surface area contributed by atoms with Crippen LogP contribution in [0.2, 0.25) is 0 Å². The molecule has 19 heavy (non-hydrogen) atoms. The Hall–Kier alpha value is -1.91. The smallest absolute Gasteiger partial charge is 0.222 e. The third-order valence-corrected chi connectivity index (χ3v) is 2.86. The van der Waals surface area contributed by atoms with Crippen molar-refractivity contribution in [3.63, 3.8) is 0 Å². The lowest BCUT2D eigenvalue weighted by Crippen LogP contribution is -2.16. The number of hydrogen-bond acceptors (Lipinski definition) is 4. The van der Waals surface area contributed by atoms with E-state index in [9.17, 15) is 0 Å². The van der Waals surface area contributed by atoms with Crippen molar-refractivity contribution in [2.75, 3.05) is 11.9 Å². The Balaban J connectivity index is 1.83. The van der Waals surface area contributed by atoms with Crippen molar-refractivity contribution in [3.8, 4) is 0 Å². The first-order valence-electron chi connectivity index (χ1n) is 6.59. The Morgan fingerprint density at radius 1 is 1.26 bits per heavy atom. The van der Waals surface area contributed by atoms with Gasteiger partial charge in [0.05, 0.1) is 12.0 Å². The third kappa shape index (κ3) is 4.05. The summed E-state index contributed by atoms with van der Waals surface area (Å²) in [4.78, 5) is 12.8. The number of hydrogen-bond donors (Lipinski definition) is 1. The van der Waals surface area contributed by atoms with Crippen LogP contribution in [0.25, 0.3) is 0 Å². The zero-order valence-electron chi connectivity index (χ0n) is 11.8. The lowest BCUT2D eigenvalue weighted by Gasteiger charge is -2.18. The van der Waals surface area contributed by atoms with Crippen molar-refractivity contribution in [2.45, 2.75) is 39.2 Å². The van der Waals surface area contributed by atoms with Gasteiger partial charge in [-0.05, 0) is 12.5 Å². The average molecular weight is 259 g/mol. The van der Waals surface area contributed by atoms with Crippen molar-refractivity contribution in [3.05, 3.63) is 36.7 Å². The molecule has 0 aromatic carbocycles. The van der Waals surface area contributed by atoms with Crippen LogP contribution in [0.15, 0.2) is 31.0 Å². The number of aryl methyl sites for hydroxylation is 1. The first-order valence-corrected chi connectivity index (χ1v) is 6.59. The minimum atomic E-state index is 0.0518. The zero-order valence-corrected chi connectivity index (χ0v) is 11.8. The average Bonchev–Trinajstić information content (AvgIpc) is 2.87. The molecule has 2 rings (SSSR count). The molecule has 1 N–H and O–H groups in total. The fourth-order valence-electron chi connectivity index (χ4n) is 1.74. The highest BCUT2D eigenvalue weighted by Crippen LogP contribution is 2.19. The van der Waals surface area contributed by atoms with E-state index in [0.717, 1.165) is 25.2 Å². The second-order valence-electron chi connectivity index (χ2n) is 5.60. The van der Waals surface area contributed by atoms with Crippen LogP contribution >= 0.6 is 0 Å². The molecule has 0 atom stereocenters. The van der Waals surface area contributed by atoms with Crippen LogP contribution in [0.5, 0.6) is 0 Å². The van der Waals surface area contributed by atoms with Gasteiger partial charge in [-0.1, -0.05) is 20.8 Å². The molecule has 102 valence electrons. The molecular weight excluding hydrogens is 238 g/mol. The highest BCUT2D eigenvalue weighted by molar-refractivity contribution is 5.27. The van der Waals surface area contributed by atoms with E-state index in [1.807, 2.05) is 24.8 Å². The molecule has 0 aliphatic carbocycles. The lowest BCUT2D eigenvalue weighted by atomic mass is 9.92. The Labute approximate surface area is 114 Å². The Morgan fingerprint density at radius 3 is 2.79 bits per heavy atom. The van der Waals surface area contributed by atoms with E-state index in [1.165, 1.54) is 0 Å². The molecule has 0 radical (unpaired) electrons. The summed E-state index contributed by atoms with van der Waals surface area (Å²) < 4.78 is 2.06. The number of aromatic nitrogens is 4. The number of rotatable bonds is 5. The van der Waals surface area contributed by atoms with Gasteiger partial charge in [0.1, 0.15) is 0 Å². The second-order valence-corrected chi connectivity index (χ2v) is 5.60. The summed E-state index contributed by atoms with van der Waals surface area (Å²) in [5.74, 6) is 0.707. The second kappa shape index (κ2) is 5.82. The van der Waals surface area contributed by atoms with Crippen molar-refractivity contribution in [1.29, 1.82) is 0 Å². The number of nitrogens with one attached hydrogen (secondary N) is 1. The van der Waals surface area contributed by atoms with E-state index in [4.69, 9.17) is 0 Å². The van der Waals surface area contributed by atoms with Gasteiger partial charge in [-0.3, -0.25) is 0 Å². The molecule has 0 saturated heterocycles. The molecule has 0 aliphatic rings.